The third-order valence-corrected chi connectivity index (χ3v) is 3.12. The Labute approximate surface area is 118 Å². The van der Waals surface area contributed by atoms with Crippen molar-refractivity contribution in [3.63, 3.8) is 0 Å². The lowest BCUT2D eigenvalue weighted by atomic mass is 9.98. The molecule has 0 aromatic heterocycles. The predicted octanol–water partition coefficient (Wildman–Crippen LogP) is 3.84. The lowest BCUT2D eigenvalue weighted by molar-refractivity contribution is 0.103. The van der Waals surface area contributed by atoms with Crippen molar-refractivity contribution < 1.29 is 9.18 Å². The standard InChI is InChI=1S/C17H18FNO/c1-11(2)9-12-3-5-13(6-4-12)17(20)14-7-8-16(19)15(18)10-14/h3-8,10-11H,9,19H2,1-2H3. The molecule has 0 unspecified atom stereocenters. The SMILES string of the molecule is CC(C)Cc1ccc(C(=O)c2ccc(N)c(F)c2)cc1. The van der Waals surface area contributed by atoms with Crippen LogP contribution in [0.3, 0.4) is 0 Å². The van der Waals surface area contributed by atoms with Crippen LogP contribution in [0, 0.1) is 11.7 Å². The van der Waals surface area contributed by atoms with Gasteiger partial charge in [-0.25, -0.2) is 4.39 Å². The summed E-state index contributed by atoms with van der Waals surface area (Å²) in [6.45, 7) is 4.30. The maximum atomic E-state index is 13.4. The van der Waals surface area contributed by atoms with Crippen LogP contribution in [-0.4, -0.2) is 5.78 Å². The number of rotatable bonds is 4. The molecule has 0 spiro atoms. The van der Waals surface area contributed by atoms with Crippen molar-refractivity contribution in [2.24, 2.45) is 5.92 Å². The van der Waals surface area contributed by atoms with Crippen LogP contribution in [0.25, 0.3) is 0 Å². The molecule has 2 nitrogen and oxygen atoms in total. The Bertz CT molecular complexity index is 617. The van der Waals surface area contributed by atoms with Gasteiger partial charge in [-0.3, -0.25) is 4.79 Å². The van der Waals surface area contributed by atoms with E-state index < -0.39 is 5.82 Å². The number of carbonyl (C=O) groups excluding carboxylic acids is 1. The molecular formula is C17H18FNO. The Balaban J connectivity index is 2.22. The fourth-order valence-corrected chi connectivity index (χ4v) is 2.10. The summed E-state index contributed by atoms with van der Waals surface area (Å²) in [5, 5.41) is 0. The highest BCUT2D eigenvalue weighted by Crippen LogP contribution is 2.17. The van der Waals surface area contributed by atoms with Crippen LogP contribution in [0.15, 0.2) is 42.5 Å². The third-order valence-electron chi connectivity index (χ3n) is 3.12. The summed E-state index contributed by atoms with van der Waals surface area (Å²) in [6.07, 6.45) is 0.977. The van der Waals surface area contributed by atoms with Gasteiger partial charge in [-0.15, -0.1) is 0 Å². The van der Waals surface area contributed by atoms with Gasteiger partial charge in [0.2, 0.25) is 0 Å². The molecule has 0 fully saturated rings. The van der Waals surface area contributed by atoms with Crippen LogP contribution in [-0.2, 0) is 6.42 Å². The summed E-state index contributed by atoms with van der Waals surface area (Å²) >= 11 is 0. The van der Waals surface area contributed by atoms with E-state index in [4.69, 9.17) is 5.73 Å². The lowest BCUT2D eigenvalue weighted by Crippen LogP contribution is -2.03. The molecular weight excluding hydrogens is 253 g/mol. The number of ketones is 1. The molecule has 0 aliphatic rings. The highest BCUT2D eigenvalue weighted by atomic mass is 19.1. The quantitative estimate of drug-likeness (QED) is 0.678. The minimum absolute atomic E-state index is 0.0498. The maximum absolute atomic E-state index is 13.4. The second-order valence-corrected chi connectivity index (χ2v) is 5.36. The molecule has 104 valence electrons. The van der Waals surface area contributed by atoms with E-state index in [1.54, 1.807) is 18.2 Å². The van der Waals surface area contributed by atoms with E-state index in [1.807, 2.05) is 12.1 Å². The molecule has 0 saturated carbocycles. The number of anilines is 1. The molecule has 20 heavy (non-hydrogen) atoms. The van der Waals surface area contributed by atoms with Crippen LogP contribution in [0.4, 0.5) is 10.1 Å². The zero-order valence-electron chi connectivity index (χ0n) is 11.7. The Morgan fingerprint density at radius 2 is 1.70 bits per heavy atom. The van der Waals surface area contributed by atoms with E-state index >= 15 is 0 Å². The van der Waals surface area contributed by atoms with Gasteiger partial charge in [0.05, 0.1) is 5.69 Å². The molecule has 3 heteroatoms. The van der Waals surface area contributed by atoms with Gasteiger partial charge in [0.15, 0.2) is 5.78 Å². The van der Waals surface area contributed by atoms with Gasteiger partial charge in [-0.2, -0.15) is 0 Å². The van der Waals surface area contributed by atoms with Gasteiger partial charge >= 0.3 is 0 Å². The van der Waals surface area contributed by atoms with Crippen molar-refractivity contribution in [1.29, 1.82) is 0 Å². The van der Waals surface area contributed by atoms with E-state index in [2.05, 4.69) is 13.8 Å². The zero-order chi connectivity index (χ0) is 14.7. The summed E-state index contributed by atoms with van der Waals surface area (Å²) in [4.78, 5) is 12.2. The highest BCUT2D eigenvalue weighted by molar-refractivity contribution is 6.09. The monoisotopic (exact) mass is 271 g/mol. The van der Waals surface area contributed by atoms with E-state index in [9.17, 15) is 9.18 Å². The van der Waals surface area contributed by atoms with Crippen LogP contribution in [0.2, 0.25) is 0 Å². The summed E-state index contributed by atoms with van der Waals surface area (Å²) in [5.74, 6) is -0.185. The maximum Gasteiger partial charge on any atom is 0.193 e. The van der Waals surface area contributed by atoms with Crippen molar-refractivity contribution in [3.8, 4) is 0 Å². The number of nitrogen functional groups attached to an aromatic ring is 1. The Hall–Kier alpha value is -2.16. The van der Waals surface area contributed by atoms with Crippen LogP contribution < -0.4 is 5.73 Å². The smallest absolute Gasteiger partial charge is 0.193 e. The molecule has 2 rings (SSSR count). The Morgan fingerprint density at radius 1 is 1.10 bits per heavy atom. The molecule has 0 radical (unpaired) electrons. The molecule has 0 bridgehead atoms. The average molecular weight is 271 g/mol. The second-order valence-electron chi connectivity index (χ2n) is 5.36. The molecule has 0 heterocycles. The molecule has 0 aliphatic carbocycles. The second kappa shape index (κ2) is 5.87. The van der Waals surface area contributed by atoms with Gasteiger partial charge in [-0.1, -0.05) is 38.1 Å². The third kappa shape index (κ3) is 3.23. The van der Waals surface area contributed by atoms with Crippen molar-refractivity contribution >= 4 is 11.5 Å². The first-order chi connectivity index (χ1) is 9.47. The summed E-state index contributed by atoms with van der Waals surface area (Å²) in [7, 11) is 0. The topological polar surface area (TPSA) is 43.1 Å². The van der Waals surface area contributed by atoms with Gasteiger partial charge in [0.25, 0.3) is 0 Å². The molecule has 2 aromatic carbocycles. The first kappa shape index (κ1) is 14.3. The minimum Gasteiger partial charge on any atom is -0.396 e. The van der Waals surface area contributed by atoms with E-state index in [1.165, 1.54) is 17.7 Å². The van der Waals surface area contributed by atoms with Crippen LogP contribution in [0.1, 0.15) is 35.3 Å². The number of hydrogen-bond acceptors (Lipinski definition) is 2. The van der Waals surface area contributed by atoms with Crippen molar-refractivity contribution in [2.45, 2.75) is 20.3 Å². The zero-order valence-corrected chi connectivity index (χ0v) is 11.7. The highest BCUT2D eigenvalue weighted by Gasteiger charge is 2.11. The molecule has 2 aromatic rings. The van der Waals surface area contributed by atoms with Crippen LogP contribution in [0.5, 0.6) is 0 Å². The number of carbonyl (C=O) groups is 1. The normalized spacial score (nSPS) is 10.8. The fraction of sp³-hybridized carbons (Fsp3) is 0.235. The Kier molecular flexibility index (Phi) is 4.18. The van der Waals surface area contributed by atoms with Crippen molar-refractivity contribution in [1.82, 2.24) is 0 Å². The first-order valence-corrected chi connectivity index (χ1v) is 6.66. The number of hydrogen-bond donors (Lipinski definition) is 1. The first-order valence-electron chi connectivity index (χ1n) is 6.66. The molecule has 0 amide bonds. The van der Waals surface area contributed by atoms with E-state index in [0.717, 1.165) is 6.42 Å². The summed E-state index contributed by atoms with van der Waals surface area (Å²) < 4.78 is 13.4. The van der Waals surface area contributed by atoms with Gasteiger partial charge in [0, 0.05) is 11.1 Å². The number of benzene rings is 2. The average Bonchev–Trinajstić information content (AvgIpc) is 2.41. The van der Waals surface area contributed by atoms with Crippen molar-refractivity contribution in [2.75, 3.05) is 5.73 Å². The lowest BCUT2D eigenvalue weighted by Gasteiger charge is -2.07. The molecule has 0 atom stereocenters. The van der Waals surface area contributed by atoms with E-state index in [-0.39, 0.29) is 11.5 Å². The van der Waals surface area contributed by atoms with E-state index in [0.29, 0.717) is 17.0 Å². The van der Waals surface area contributed by atoms with Gasteiger partial charge in [-0.05, 0) is 36.1 Å². The van der Waals surface area contributed by atoms with Gasteiger partial charge < -0.3 is 5.73 Å². The predicted molar refractivity (Wildman–Crippen MR) is 79.2 cm³/mol. The molecule has 0 saturated heterocycles. The largest absolute Gasteiger partial charge is 0.396 e. The number of halogens is 1. The molecule has 0 aliphatic heterocycles. The minimum atomic E-state index is -0.563. The van der Waals surface area contributed by atoms with Crippen molar-refractivity contribution in [3.05, 3.63) is 65.0 Å². The Morgan fingerprint density at radius 3 is 2.25 bits per heavy atom. The fourth-order valence-electron chi connectivity index (χ4n) is 2.10. The van der Waals surface area contributed by atoms with Gasteiger partial charge in [0.1, 0.15) is 5.82 Å². The summed E-state index contributed by atoms with van der Waals surface area (Å²) in [6, 6.07) is 11.6. The van der Waals surface area contributed by atoms with Crippen LogP contribution >= 0.6 is 0 Å². The molecule has 2 N–H and O–H groups in total. The summed E-state index contributed by atoms with van der Waals surface area (Å²) in [5.41, 5.74) is 7.52. The number of nitrogens with two attached hydrogens (primary N) is 1.